The number of hydrogen-bond donors (Lipinski definition) is 1. The first-order valence-electron chi connectivity index (χ1n) is 11.5. The van der Waals surface area contributed by atoms with Gasteiger partial charge in [0.15, 0.2) is 0 Å². The zero-order chi connectivity index (χ0) is 23.1. The second kappa shape index (κ2) is 10.9. The van der Waals surface area contributed by atoms with Gasteiger partial charge >= 0.3 is 5.97 Å². The standard InChI is InChI=1S/C28H34N2O2/c1-5-21-13-15-25(16-14-21)28-29-20(3)26(30(28)4)12-8-10-22-9-7-11-24(17-18-27(31)32)23(6-2)19-22/h5,9,11,13-16,19H,1,6-8,10,12,17-18H2,2-4H3,(H,31,32). The maximum absolute atomic E-state index is 11.0. The van der Waals surface area contributed by atoms with Gasteiger partial charge in [0, 0.05) is 24.7 Å². The molecule has 0 saturated carbocycles. The fourth-order valence-corrected chi connectivity index (χ4v) is 4.37. The SMILES string of the molecule is C=Cc1ccc(-c2nc(C)c(CCCC3=CCC=C(CCC(=O)O)C(CC)=C3)n2C)cc1. The Bertz CT molecular complexity index is 1070. The largest absolute Gasteiger partial charge is 0.481 e. The number of aliphatic carboxylic acids is 1. The normalized spacial score (nSPS) is 13.8. The number of allylic oxidation sites excluding steroid dienone is 6. The van der Waals surface area contributed by atoms with E-state index in [1.54, 1.807) is 0 Å². The average molecular weight is 431 g/mol. The second-order valence-electron chi connectivity index (χ2n) is 8.37. The van der Waals surface area contributed by atoms with Crippen molar-refractivity contribution in [1.82, 2.24) is 9.55 Å². The lowest BCUT2D eigenvalue weighted by Gasteiger charge is -2.10. The van der Waals surface area contributed by atoms with Crippen LogP contribution >= 0.6 is 0 Å². The Kier molecular flexibility index (Phi) is 8.04. The highest BCUT2D eigenvalue weighted by Crippen LogP contribution is 2.28. The van der Waals surface area contributed by atoms with Crippen LogP contribution in [0.4, 0.5) is 0 Å². The van der Waals surface area contributed by atoms with Crippen LogP contribution in [0.5, 0.6) is 0 Å². The van der Waals surface area contributed by atoms with E-state index in [1.165, 1.54) is 22.4 Å². The minimum absolute atomic E-state index is 0.191. The van der Waals surface area contributed by atoms with Crippen LogP contribution in [-0.2, 0) is 18.3 Å². The van der Waals surface area contributed by atoms with Crippen molar-refractivity contribution in [2.24, 2.45) is 7.05 Å². The molecule has 0 atom stereocenters. The predicted octanol–water partition coefficient (Wildman–Crippen LogP) is 6.82. The predicted molar refractivity (Wildman–Crippen MR) is 132 cm³/mol. The molecule has 2 aromatic rings. The molecule has 1 aliphatic carbocycles. The highest BCUT2D eigenvalue weighted by atomic mass is 16.4. The van der Waals surface area contributed by atoms with Gasteiger partial charge in [-0.25, -0.2) is 4.98 Å². The number of carbonyl (C=O) groups is 1. The summed E-state index contributed by atoms with van der Waals surface area (Å²) < 4.78 is 2.22. The molecule has 0 spiro atoms. The fraction of sp³-hybridized carbons (Fsp3) is 0.357. The van der Waals surface area contributed by atoms with Crippen LogP contribution in [0, 0.1) is 6.92 Å². The highest BCUT2D eigenvalue weighted by Gasteiger charge is 2.14. The summed E-state index contributed by atoms with van der Waals surface area (Å²) in [6, 6.07) is 8.35. The summed E-state index contributed by atoms with van der Waals surface area (Å²) in [5.41, 5.74) is 8.41. The number of carboxylic acids is 1. The van der Waals surface area contributed by atoms with Gasteiger partial charge in [0.05, 0.1) is 5.69 Å². The number of carboxylic acid groups (broad SMARTS) is 1. The van der Waals surface area contributed by atoms with Crippen LogP contribution in [0.1, 0.15) is 62.4 Å². The van der Waals surface area contributed by atoms with E-state index in [0.717, 1.165) is 54.7 Å². The van der Waals surface area contributed by atoms with Crippen molar-refractivity contribution in [3.05, 3.63) is 82.7 Å². The maximum Gasteiger partial charge on any atom is 0.303 e. The van der Waals surface area contributed by atoms with Crippen molar-refractivity contribution in [2.75, 3.05) is 0 Å². The van der Waals surface area contributed by atoms with E-state index in [4.69, 9.17) is 10.1 Å². The van der Waals surface area contributed by atoms with Gasteiger partial charge in [-0.05, 0) is 62.2 Å². The molecule has 0 amide bonds. The molecule has 1 aromatic heterocycles. The van der Waals surface area contributed by atoms with E-state index < -0.39 is 5.97 Å². The minimum Gasteiger partial charge on any atom is -0.481 e. The Morgan fingerprint density at radius 2 is 1.91 bits per heavy atom. The van der Waals surface area contributed by atoms with E-state index in [2.05, 4.69) is 74.5 Å². The highest BCUT2D eigenvalue weighted by molar-refractivity contribution is 5.67. The lowest BCUT2D eigenvalue weighted by molar-refractivity contribution is -0.136. The molecule has 0 unspecified atom stereocenters. The number of aromatic nitrogens is 2. The molecule has 1 aliphatic rings. The molecule has 32 heavy (non-hydrogen) atoms. The van der Waals surface area contributed by atoms with Gasteiger partial charge in [0.25, 0.3) is 0 Å². The van der Waals surface area contributed by atoms with Crippen molar-refractivity contribution in [1.29, 1.82) is 0 Å². The molecule has 0 bridgehead atoms. The van der Waals surface area contributed by atoms with Crippen LogP contribution < -0.4 is 0 Å². The van der Waals surface area contributed by atoms with Crippen LogP contribution in [-0.4, -0.2) is 20.6 Å². The Balaban J connectivity index is 1.65. The summed E-state index contributed by atoms with van der Waals surface area (Å²) in [5, 5.41) is 9.02. The molecular formula is C28H34N2O2. The van der Waals surface area contributed by atoms with Crippen LogP contribution in [0.25, 0.3) is 17.5 Å². The average Bonchev–Trinajstić information content (AvgIpc) is 2.95. The maximum atomic E-state index is 11.0. The molecule has 0 fully saturated rings. The quantitative estimate of drug-likeness (QED) is 0.450. The van der Waals surface area contributed by atoms with E-state index in [9.17, 15) is 4.79 Å². The van der Waals surface area contributed by atoms with Gasteiger partial charge < -0.3 is 9.67 Å². The molecule has 3 rings (SSSR count). The topological polar surface area (TPSA) is 55.1 Å². The van der Waals surface area contributed by atoms with Crippen LogP contribution in [0.15, 0.2) is 65.8 Å². The minimum atomic E-state index is -0.735. The number of imidazole rings is 1. The Morgan fingerprint density at radius 1 is 1.16 bits per heavy atom. The summed E-state index contributed by atoms with van der Waals surface area (Å²) >= 11 is 0. The number of aryl methyl sites for hydroxylation is 1. The molecule has 0 saturated heterocycles. The third-order valence-corrected chi connectivity index (χ3v) is 6.20. The van der Waals surface area contributed by atoms with Crippen molar-refractivity contribution in [3.8, 4) is 11.4 Å². The Morgan fingerprint density at radius 3 is 2.56 bits per heavy atom. The summed E-state index contributed by atoms with van der Waals surface area (Å²) in [5.74, 6) is 0.267. The first-order chi connectivity index (χ1) is 15.4. The third kappa shape index (κ3) is 5.76. The lowest BCUT2D eigenvalue weighted by Crippen LogP contribution is -2.00. The van der Waals surface area contributed by atoms with Gasteiger partial charge in [0.2, 0.25) is 0 Å². The zero-order valence-corrected chi connectivity index (χ0v) is 19.5. The van der Waals surface area contributed by atoms with E-state index >= 15 is 0 Å². The van der Waals surface area contributed by atoms with Crippen molar-refractivity contribution in [3.63, 3.8) is 0 Å². The van der Waals surface area contributed by atoms with Gasteiger partial charge in [0.1, 0.15) is 5.82 Å². The molecule has 168 valence electrons. The van der Waals surface area contributed by atoms with Crippen molar-refractivity contribution < 1.29 is 9.90 Å². The molecule has 1 aromatic carbocycles. The summed E-state index contributed by atoms with van der Waals surface area (Å²) in [4.78, 5) is 15.8. The number of rotatable bonds is 10. The molecule has 0 aliphatic heterocycles. The van der Waals surface area contributed by atoms with E-state index in [1.807, 2.05) is 6.08 Å². The smallest absolute Gasteiger partial charge is 0.303 e. The van der Waals surface area contributed by atoms with Crippen molar-refractivity contribution in [2.45, 2.75) is 58.8 Å². The van der Waals surface area contributed by atoms with E-state index in [0.29, 0.717) is 6.42 Å². The molecule has 4 nitrogen and oxygen atoms in total. The number of hydrogen-bond acceptors (Lipinski definition) is 2. The van der Waals surface area contributed by atoms with Crippen LogP contribution in [0.3, 0.4) is 0 Å². The second-order valence-corrected chi connectivity index (χ2v) is 8.37. The molecule has 4 heteroatoms. The Hall–Kier alpha value is -3.14. The first kappa shape index (κ1) is 23.5. The van der Waals surface area contributed by atoms with E-state index in [-0.39, 0.29) is 6.42 Å². The first-order valence-corrected chi connectivity index (χ1v) is 11.5. The summed E-state index contributed by atoms with van der Waals surface area (Å²) in [6.07, 6.45) is 14.3. The van der Waals surface area contributed by atoms with Gasteiger partial charge in [-0.15, -0.1) is 0 Å². The van der Waals surface area contributed by atoms with Crippen LogP contribution in [0.2, 0.25) is 0 Å². The van der Waals surface area contributed by atoms with Gasteiger partial charge in [-0.3, -0.25) is 4.79 Å². The van der Waals surface area contributed by atoms with Gasteiger partial charge in [-0.1, -0.05) is 67.6 Å². The lowest BCUT2D eigenvalue weighted by atomic mass is 9.96. The molecular weight excluding hydrogens is 396 g/mol. The fourth-order valence-electron chi connectivity index (χ4n) is 4.37. The third-order valence-electron chi connectivity index (χ3n) is 6.20. The molecule has 0 radical (unpaired) electrons. The molecule has 1 N–H and O–H groups in total. The number of benzene rings is 1. The summed E-state index contributed by atoms with van der Waals surface area (Å²) in [7, 11) is 2.10. The van der Waals surface area contributed by atoms with Crippen molar-refractivity contribution >= 4 is 12.0 Å². The molecule has 1 heterocycles. The monoisotopic (exact) mass is 430 g/mol. The zero-order valence-electron chi connectivity index (χ0n) is 19.5. The summed E-state index contributed by atoms with van der Waals surface area (Å²) in [6.45, 7) is 8.06. The number of nitrogens with zero attached hydrogens (tertiary/aromatic N) is 2. The Labute approximate surface area is 191 Å². The van der Waals surface area contributed by atoms with Gasteiger partial charge in [-0.2, -0.15) is 0 Å².